The van der Waals surface area contributed by atoms with Crippen molar-refractivity contribution in [2.45, 2.75) is 32.4 Å². The van der Waals surface area contributed by atoms with Gasteiger partial charge in [-0.2, -0.15) is 0 Å². The quantitative estimate of drug-likeness (QED) is 0.793. The summed E-state index contributed by atoms with van der Waals surface area (Å²) < 4.78 is 0. The number of amides is 2. The van der Waals surface area contributed by atoms with Crippen LogP contribution in [0.1, 0.15) is 25.3 Å². The molecule has 0 spiro atoms. The fourth-order valence-electron chi connectivity index (χ4n) is 2.42. The Kier molecular flexibility index (Phi) is 7.35. The zero-order valence-corrected chi connectivity index (χ0v) is 13.6. The summed E-state index contributed by atoms with van der Waals surface area (Å²) >= 11 is 0. The molecule has 1 aromatic rings. The van der Waals surface area contributed by atoms with E-state index in [0.717, 1.165) is 5.56 Å². The van der Waals surface area contributed by atoms with Crippen LogP contribution in [-0.4, -0.2) is 35.8 Å². The van der Waals surface area contributed by atoms with Gasteiger partial charge in [0.1, 0.15) is 0 Å². The van der Waals surface area contributed by atoms with Gasteiger partial charge in [0.25, 0.3) is 0 Å². The number of nitrogens with zero attached hydrogens (tertiary/aromatic N) is 1. The van der Waals surface area contributed by atoms with Crippen molar-refractivity contribution < 1.29 is 9.59 Å². The minimum absolute atomic E-state index is 0. The molecule has 1 aliphatic rings. The van der Waals surface area contributed by atoms with Crippen LogP contribution in [0.3, 0.4) is 0 Å². The lowest BCUT2D eigenvalue weighted by molar-refractivity contribution is -0.135. The fourth-order valence-corrected chi connectivity index (χ4v) is 2.42. The lowest BCUT2D eigenvalue weighted by Crippen LogP contribution is -2.45. The van der Waals surface area contributed by atoms with Crippen LogP contribution in [0.25, 0.3) is 0 Å². The molecular weight excluding hydrogens is 302 g/mol. The van der Waals surface area contributed by atoms with Crippen LogP contribution in [-0.2, 0) is 16.1 Å². The van der Waals surface area contributed by atoms with Gasteiger partial charge in [-0.3, -0.25) is 9.59 Å². The minimum atomic E-state index is -0.304. The van der Waals surface area contributed by atoms with Gasteiger partial charge in [0.2, 0.25) is 11.8 Å². The molecule has 0 saturated heterocycles. The molecule has 2 rings (SSSR count). The SMILES string of the molecule is CC(C1CC1)N(Cc1ccccc1)C(=O)CNC(=O)CN.Cl. The highest BCUT2D eigenvalue weighted by atomic mass is 35.5. The maximum Gasteiger partial charge on any atom is 0.242 e. The number of nitrogens with one attached hydrogen (secondary N) is 1. The van der Waals surface area contributed by atoms with Crippen molar-refractivity contribution in [1.29, 1.82) is 0 Å². The van der Waals surface area contributed by atoms with Crippen molar-refractivity contribution in [2.75, 3.05) is 13.1 Å². The Bertz CT molecular complexity index is 491. The van der Waals surface area contributed by atoms with Crippen molar-refractivity contribution >= 4 is 24.2 Å². The molecule has 1 saturated carbocycles. The summed E-state index contributed by atoms with van der Waals surface area (Å²) in [7, 11) is 0. The largest absolute Gasteiger partial charge is 0.346 e. The van der Waals surface area contributed by atoms with Gasteiger partial charge in [0.15, 0.2) is 0 Å². The molecular formula is C16H24ClN3O2. The Balaban J connectivity index is 0.00000242. The van der Waals surface area contributed by atoms with E-state index in [1.54, 1.807) is 0 Å². The smallest absolute Gasteiger partial charge is 0.242 e. The van der Waals surface area contributed by atoms with Gasteiger partial charge in [-0.05, 0) is 31.2 Å². The summed E-state index contributed by atoms with van der Waals surface area (Å²) in [4.78, 5) is 25.5. The van der Waals surface area contributed by atoms with Crippen LogP contribution in [0.5, 0.6) is 0 Å². The number of nitrogens with two attached hydrogens (primary N) is 1. The standard InChI is InChI=1S/C16H23N3O2.ClH/c1-12(14-7-8-14)19(11-13-5-3-2-4-6-13)16(21)10-18-15(20)9-17;/h2-6,12,14H,7-11,17H2,1H3,(H,18,20);1H. The Hall–Kier alpha value is -1.59. The van der Waals surface area contributed by atoms with Crippen LogP contribution < -0.4 is 11.1 Å². The van der Waals surface area contributed by atoms with Crippen molar-refractivity contribution in [3.8, 4) is 0 Å². The number of carbonyl (C=O) groups is 2. The third-order valence-electron chi connectivity index (χ3n) is 3.93. The van der Waals surface area contributed by atoms with Crippen LogP contribution in [0.2, 0.25) is 0 Å². The van der Waals surface area contributed by atoms with Gasteiger partial charge in [0.05, 0.1) is 13.1 Å². The summed E-state index contributed by atoms with van der Waals surface area (Å²) in [6, 6.07) is 10.1. The average molecular weight is 326 g/mol. The summed E-state index contributed by atoms with van der Waals surface area (Å²) in [6.07, 6.45) is 2.35. The molecule has 1 aromatic carbocycles. The maximum absolute atomic E-state index is 12.4. The molecule has 0 radical (unpaired) electrons. The summed E-state index contributed by atoms with van der Waals surface area (Å²) in [5, 5.41) is 2.56. The summed E-state index contributed by atoms with van der Waals surface area (Å²) in [5.74, 6) is 0.227. The first-order valence-corrected chi connectivity index (χ1v) is 7.42. The van der Waals surface area contributed by atoms with E-state index >= 15 is 0 Å². The second kappa shape index (κ2) is 8.76. The van der Waals surface area contributed by atoms with Crippen LogP contribution in [0.4, 0.5) is 0 Å². The molecule has 1 atom stereocenters. The number of halogens is 1. The first-order valence-electron chi connectivity index (χ1n) is 7.42. The number of hydrogen-bond donors (Lipinski definition) is 2. The Labute approximate surface area is 137 Å². The van der Waals surface area contributed by atoms with Crippen LogP contribution in [0, 0.1) is 5.92 Å². The maximum atomic E-state index is 12.4. The highest BCUT2D eigenvalue weighted by molar-refractivity contribution is 5.86. The molecule has 6 heteroatoms. The van der Waals surface area contributed by atoms with E-state index in [1.807, 2.05) is 35.2 Å². The van der Waals surface area contributed by atoms with Crippen molar-refractivity contribution in [1.82, 2.24) is 10.2 Å². The van der Waals surface area contributed by atoms with Crippen LogP contribution in [0.15, 0.2) is 30.3 Å². The predicted molar refractivity (Wildman–Crippen MR) is 88.5 cm³/mol. The third kappa shape index (κ3) is 5.31. The summed E-state index contributed by atoms with van der Waals surface area (Å²) in [6.45, 7) is 2.59. The van der Waals surface area contributed by atoms with Gasteiger partial charge < -0.3 is 16.0 Å². The minimum Gasteiger partial charge on any atom is -0.346 e. The van der Waals surface area contributed by atoms with Gasteiger partial charge in [-0.1, -0.05) is 30.3 Å². The molecule has 0 heterocycles. The molecule has 1 aliphatic carbocycles. The zero-order valence-electron chi connectivity index (χ0n) is 12.8. The Morgan fingerprint density at radius 1 is 1.32 bits per heavy atom. The molecule has 22 heavy (non-hydrogen) atoms. The number of carbonyl (C=O) groups excluding carboxylic acids is 2. The molecule has 1 unspecified atom stereocenters. The Morgan fingerprint density at radius 3 is 2.50 bits per heavy atom. The third-order valence-corrected chi connectivity index (χ3v) is 3.93. The molecule has 1 fully saturated rings. The molecule has 0 bridgehead atoms. The first-order chi connectivity index (χ1) is 10.1. The topological polar surface area (TPSA) is 75.4 Å². The van der Waals surface area contributed by atoms with Crippen LogP contribution >= 0.6 is 12.4 Å². The van der Waals surface area contributed by atoms with E-state index in [4.69, 9.17) is 5.73 Å². The average Bonchev–Trinajstić information content (AvgIpc) is 3.35. The van der Waals surface area contributed by atoms with E-state index in [9.17, 15) is 9.59 Å². The second-order valence-electron chi connectivity index (χ2n) is 5.57. The van der Waals surface area contributed by atoms with Crippen molar-refractivity contribution in [2.24, 2.45) is 11.7 Å². The van der Waals surface area contributed by atoms with Crippen molar-refractivity contribution in [3.05, 3.63) is 35.9 Å². The normalized spacial score (nSPS) is 14.6. The van der Waals surface area contributed by atoms with Gasteiger partial charge in [-0.15, -0.1) is 12.4 Å². The molecule has 0 aromatic heterocycles. The van der Waals surface area contributed by atoms with Gasteiger partial charge in [0, 0.05) is 12.6 Å². The van der Waals surface area contributed by atoms with Crippen molar-refractivity contribution in [3.63, 3.8) is 0 Å². The first kappa shape index (κ1) is 18.5. The lowest BCUT2D eigenvalue weighted by Gasteiger charge is -2.29. The molecule has 2 amide bonds. The molecule has 0 aliphatic heterocycles. The number of rotatable bonds is 7. The highest BCUT2D eigenvalue weighted by Crippen LogP contribution is 2.35. The van der Waals surface area contributed by atoms with E-state index < -0.39 is 0 Å². The van der Waals surface area contributed by atoms with Gasteiger partial charge in [-0.25, -0.2) is 0 Å². The predicted octanol–water partition coefficient (Wildman–Crippen LogP) is 1.31. The van der Waals surface area contributed by atoms with E-state index in [0.29, 0.717) is 12.5 Å². The lowest BCUT2D eigenvalue weighted by atomic mass is 10.1. The molecule has 3 N–H and O–H groups in total. The van der Waals surface area contributed by atoms with E-state index in [2.05, 4.69) is 12.2 Å². The van der Waals surface area contributed by atoms with Gasteiger partial charge >= 0.3 is 0 Å². The number of benzene rings is 1. The second-order valence-corrected chi connectivity index (χ2v) is 5.57. The molecule has 5 nitrogen and oxygen atoms in total. The van der Waals surface area contributed by atoms with E-state index in [1.165, 1.54) is 12.8 Å². The van der Waals surface area contributed by atoms with E-state index in [-0.39, 0.29) is 43.4 Å². The highest BCUT2D eigenvalue weighted by Gasteiger charge is 2.34. The summed E-state index contributed by atoms with van der Waals surface area (Å²) in [5.41, 5.74) is 6.34. The monoisotopic (exact) mass is 325 g/mol. The fraction of sp³-hybridized carbons (Fsp3) is 0.500. The number of hydrogen-bond acceptors (Lipinski definition) is 3. The Morgan fingerprint density at radius 2 is 1.95 bits per heavy atom. The molecule has 122 valence electrons. The zero-order chi connectivity index (χ0) is 15.2.